The van der Waals surface area contributed by atoms with Gasteiger partial charge in [-0.3, -0.25) is 9.69 Å². The highest BCUT2D eigenvalue weighted by molar-refractivity contribution is 5.93. The zero-order valence-corrected chi connectivity index (χ0v) is 13.1. The molecule has 1 aromatic rings. The molecular formula is C17H25N3O. The van der Waals surface area contributed by atoms with E-state index in [1.165, 1.54) is 11.1 Å². The molecule has 0 aromatic heterocycles. The first kappa shape index (κ1) is 14.5. The molecule has 2 aliphatic heterocycles. The van der Waals surface area contributed by atoms with Crippen molar-refractivity contribution in [3.63, 3.8) is 0 Å². The van der Waals surface area contributed by atoms with Crippen LogP contribution in [0.3, 0.4) is 0 Å². The van der Waals surface area contributed by atoms with E-state index in [0.29, 0.717) is 6.04 Å². The predicted octanol–water partition coefficient (Wildman–Crippen LogP) is 1.43. The van der Waals surface area contributed by atoms with Crippen LogP contribution in [0.25, 0.3) is 0 Å². The summed E-state index contributed by atoms with van der Waals surface area (Å²) >= 11 is 0. The van der Waals surface area contributed by atoms with Gasteiger partial charge in [-0.1, -0.05) is 12.1 Å². The summed E-state index contributed by atoms with van der Waals surface area (Å²) in [5.41, 5.74) is 3.83. The van der Waals surface area contributed by atoms with Crippen molar-refractivity contribution in [1.29, 1.82) is 0 Å². The van der Waals surface area contributed by atoms with E-state index in [0.717, 1.165) is 51.3 Å². The van der Waals surface area contributed by atoms with Crippen LogP contribution in [0.5, 0.6) is 0 Å². The Balaban J connectivity index is 1.68. The van der Waals surface area contributed by atoms with Gasteiger partial charge in [0.05, 0.1) is 0 Å². The molecule has 4 nitrogen and oxygen atoms in total. The second kappa shape index (κ2) is 6.16. The molecule has 1 saturated heterocycles. The van der Waals surface area contributed by atoms with Crippen LogP contribution in [-0.2, 0) is 17.6 Å². The number of carbonyl (C=O) groups excluding carboxylic acids is 1. The summed E-state index contributed by atoms with van der Waals surface area (Å²) in [6, 6.07) is 7.20. The summed E-state index contributed by atoms with van der Waals surface area (Å²) in [6.07, 6.45) is 2.08. The lowest BCUT2D eigenvalue weighted by atomic mass is 10.0. The van der Waals surface area contributed by atoms with E-state index in [4.69, 9.17) is 0 Å². The van der Waals surface area contributed by atoms with Gasteiger partial charge in [-0.2, -0.15) is 0 Å². The lowest BCUT2D eigenvalue weighted by Crippen LogP contribution is -2.48. The number of piperazine rings is 1. The molecule has 1 unspecified atom stereocenters. The van der Waals surface area contributed by atoms with E-state index in [-0.39, 0.29) is 5.91 Å². The second-order valence-electron chi connectivity index (χ2n) is 6.22. The van der Waals surface area contributed by atoms with E-state index in [1.54, 1.807) is 6.92 Å². The number of nitrogens with one attached hydrogen (secondary N) is 1. The molecule has 1 fully saturated rings. The molecular weight excluding hydrogens is 262 g/mol. The van der Waals surface area contributed by atoms with Crippen molar-refractivity contribution in [3.8, 4) is 0 Å². The predicted molar refractivity (Wildman–Crippen MR) is 85.8 cm³/mol. The molecule has 2 aliphatic rings. The van der Waals surface area contributed by atoms with E-state index >= 15 is 0 Å². The largest absolute Gasteiger partial charge is 0.314 e. The zero-order valence-electron chi connectivity index (χ0n) is 13.1. The number of fused-ring (bicyclic) bond motifs is 1. The van der Waals surface area contributed by atoms with Crippen molar-refractivity contribution in [2.24, 2.45) is 0 Å². The number of carbonyl (C=O) groups is 1. The van der Waals surface area contributed by atoms with Crippen LogP contribution in [-0.4, -0.2) is 49.6 Å². The summed E-state index contributed by atoms with van der Waals surface area (Å²) in [6.45, 7) is 9.29. The van der Waals surface area contributed by atoms with Crippen molar-refractivity contribution in [2.75, 3.05) is 37.6 Å². The highest BCUT2D eigenvalue weighted by Crippen LogP contribution is 2.29. The van der Waals surface area contributed by atoms with Gasteiger partial charge in [-0.25, -0.2) is 0 Å². The number of rotatable bonds is 3. The Morgan fingerprint density at radius 1 is 1.29 bits per heavy atom. The van der Waals surface area contributed by atoms with Crippen LogP contribution in [0, 0.1) is 0 Å². The third-order valence-electron chi connectivity index (χ3n) is 4.73. The lowest BCUT2D eigenvalue weighted by Gasteiger charge is -2.33. The van der Waals surface area contributed by atoms with E-state index < -0.39 is 0 Å². The highest BCUT2D eigenvalue weighted by Gasteiger charge is 2.23. The van der Waals surface area contributed by atoms with Crippen molar-refractivity contribution in [2.45, 2.75) is 32.7 Å². The molecule has 3 rings (SSSR count). The molecule has 2 heterocycles. The lowest BCUT2D eigenvalue weighted by molar-refractivity contribution is -0.116. The number of hydrogen-bond acceptors (Lipinski definition) is 3. The maximum absolute atomic E-state index is 11.6. The summed E-state index contributed by atoms with van der Waals surface area (Å²) in [5, 5.41) is 3.40. The SMILES string of the molecule is CC(=O)N1CCc2cc(CC(C)N3CCNCC3)ccc21. The number of nitrogens with zero attached hydrogens (tertiary/aromatic N) is 2. The van der Waals surface area contributed by atoms with Gasteiger partial charge < -0.3 is 10.2 Å². The highest BCUT2D eigenvalue weighted by atomic mass is 16.2. The van der Waals surface area contributed by atoms with Gasteiger partial charge in [0.15, 0.2) is 0 Å². The standard InChI is InChI=1S/C17H25N3O/c1-13(19-9-6-18-7-10-19)11-15-3-4-17-16(12-15)5-8-20(17)14(2)21/h3-4,12-13,18H,5-11H2,1-2H3. The quantitative estimate of drug-likeness (QED) is 0.913. The van der Waals surface area contributed by atoms with Gasteiger partial charge >= 0.3 is 0 Å². The molecule has 0 aliphatic carbocycles. The maximum Gasteiger partial charge on any atom is 0.223 e. The Kier molecular flexibility index (Phi) is 4.27. The van der Waals surface area contributed by atoms with Gasteiger partial charge in [-0.15, -0.1) is 0 Å². The van der Waals surface area contributed by atoms with Crippen molar-refractivity contribution in [3.05, 3.63) is 29.3 Å². The number of anilines is 1. The molecule has 1 N–H and O–H groups in total. The minimum atomic E-state index is 0.149. The van der Waals surface area contributed by atoms with Crippen molar-refractivity contribution >= 4 is 11.6 Å². The monoisotopic (exact) mass is 287 g/mol. The Morgan fingerprint density at radius 2 is 2.05 bits per heavy atom. The normalized spacial score (nSPS) is 20.4. The molecule has 114 valence electrons. The Bertz CT molecular complexity index is 523. The van der Waals surface area contributed by atoms with Crippen LogP contribution >= 0.6 is 0 Å². The van der Waals surface area contributed by atoms with Gasteiger partial charge in [-0.05, 0) is 37.0 Å². The first-order valence-electron chi connectivity index (χ1n) is 8.00. The first-order chi connectivity index (χ1) is 10.1. The fourth-order valence-corrected chi connectivity index (χ4v) is 3.50. The number of hydrogen-bond donors (Lipinski definition) is 1. The zero-order chi connectivity index (χ0) is 14.8. The Morgan fingerprint density at radius 3 is 2.76 bits per heavy atom. The van der Waals surface area contributed by atoms with Crippen LogP contribution < -0.4 is 10.2 Å². The van der Waals surface area contributed by atoms with Gasteiger partial charge in [0, 0.05) is 51.4 Å². The average Bonchev–Trinajstić information content (AvgIpc) is 2.91. The third kappa shape index (κ3) is 3.11. The number of benzene rings is 1. The molecule has 0 saturated carbocycles. The summed E-state index contributed by atoms with van der Waals surface area (Å²) in [7, 11) is 0. The Hall–Kier alpha value is -1.39. The number of amides is 1. The van der Waals surface area contributed by atoms with Gasteiger partial charge in [0.25, 0.3) is 0 Å². The molecule has 1 amide bonds. The van der Waals surface area contributed by atoms with E-state index in [2.05, 4.69) is 35.3 Å². The van der Waals surface area contributed by atoms with Gasteiger partial charge in [0.1, 0.15) is 0 Å². The molecule has 1 aromatic carbocycles. The molecule has 1 atom stereocenters. The fraction of sp³-hybridized carbons (Fsp3) is 0.588. The fourth-order valence-electron chi connectivity index (χ4n) is 3.50. The topological polar surface area (TPSA) is 35.6 Å². The summed E-state index contributed by atoms with van der Waals surface area (Å²) < 4.78 is 0. The minimum Gasteiger partial charge on any atom is -0.314 e. The summed E-state index contributed by atoms with van der Waals surface area (Å²) in [5.74, 6) is 0.149. The molecule has 4 heteroatoms. The molecule has 0 spiro atoms. The van der Waals surface area contributed by atoms with E-state index in [1.807, 2.05) is 4.90 Å². The molecule has 0 bridgehead atoms. The van der Waals surface area contributed by atoms with Crippen LogP contribution in [0.15, 0.2) is 18.2 Å². The summed E-state index contributed by atoms with van der Waals surface area (Å²) in [4.78, 5) is 16.0. The minimum absolute atomic E-state index is 0.149. The van der Waals surface area contributed by atoms with Crippen molar-refractivity contribution in [1.82, 2.24) is 10.2 Å². The third-order valence-corrected chi connectivity index (χ3v) is 4.73. The van der Waals surface area contributed by atoms with Crippen LogP contribution in [0.4, 0.5) is 5.69 Å². The first-order valence-corrected chi connectivity index (χ1v) is 8.00. The molecule has 0 radical (unpaired) electrons. The van der Waals surface area contributed by atoms with Crippen LogP contribution in [0.2, 0.25) is 0 Å². The van der Waals surface area contributed by atoms with E-state index in [9.17, 15) is 4.79 Å². The maximum atomic E-state index is 11.6. The van der Waals surface area contributed by atoms with Crippen molar-refractivity contribution < 1.29 is 4.79 Å². The average molecular weight is 287 g/mol. The molecule has 21 heavy (non-hydrogen) atoms. The van der Waals surface area contributed by atoms with Gasteiger partial charge in [0.2, 0.25) is 5.91 Å². The smallest absolute Gasteiger partial charge is 0.223 e. The second-order valence-corrected chi connectivity index (χ2v) is 6.22. The van der Waals surface area contributed by atoms with Crippen LogP contribution in [0.1, 0.15) is 25.0 Å². The Labute approximate surface area is 127 Å².